The molecule has 0 bridgehead atoms. The molecule has 24 heavy (non-hydrogen) atoms. The minimum absolute atomic E-state index is 0.0590. The van der Waals surface area contributed by atoms with Crippen molar-refractivity contribution in [3.8, 4) is 0 Å². The lowest BCUT2D eigenvalue weighted by Gasteiger charge is -2.30. The van der Waals surface area contributed by atoms with Crippen LogP contribution in [-0.2, 0) is 9.53 Å². The number of hydrogen-bond donors (Lipinski definition) is 2. The molecule has 3 rings (SSSR count). The van der Waals surface area contributed by atoms with Crippen LogP contribution in [-0.4, -0.2) is 38.8 Å². The van der Waals surface area contributed by atoms with E-state index in [0.29, 0.717) is 0 Å². The van der Waals surface area contributed by atoms with Crippen molar-refractivity contribution in [3.05, 3.63) is 54.1 Å². The highest BCUT2D eigenvalue weighted by Crippen LogP contribution is 2.26. The van der Waals surface area contributed by atoms with Gasteiger partial charge in [-0.3, -0.25) is 4.79 Å². The Balaban J connectivity index is 1.60. The third-order valence-electron chi connectivity index (χ3n) is 4.03. The minimum Gasteiger partial charge on any atom is -0.378 e. The number of para-hydroxylation sites is 2. The van der Waals surface area contributed by atoms with Crippen molar-refractivity contribution in [1.29, 1.82) is 0 Å². The van der Waals surface area contributed by atoms with E-state index in [1.54, 1.807) is 0 Å². The van der Waals surface area contributed by atoms with E-state index in [4.69, 9.17) is 4.74 Å². The highest BCUT2D eigenvalue weighted by atomic mass is 16.5. The molecule has 2 aromatic carbocycles. The molecule has 2 aromatic rings. The molecule has 0 unspecified atom stereocenters. The number of ether oxygens (including phenoxy) is 1. The summed E-state index contributed by atoms with van der Waals surface area (Å²) in [5, 5.41) is 6.15. The molecule has 5 heteroatoms. The number of anilines is 3. The molecule has 0 aliphatic carbocycles. The summed E-state index contributed by atoms with van der Waals surface area (Å²) < 4.78 is 5.40. The van der Waals surface area contributed by atoms with Crippen LogP contribution in [0.5, 0.6) is 0 Å². The summed E-state index contributed by atoms with van der Waals surface area (Å²) in [6, 6.07) is 15.9. The standard InChI is InChI=1S/C19H23N3O2/c1-15-6-8-16(9-7-15)20-14-19(23)21-17-4-2-3-5-18(17)22-10-12-24-13-11-22/h2-9,20H,10-14H2,1H3,(H,21,23). The molecule has 5 nitrogen and oxygen atoms in total. The Labute approximate surface area is 142 Å². The Morgan fingerprint density at radius 2 is 1.79 bits per heavy atom. The number of aryl methyl sites for hydroxylation is 1. The van der Waals surface area contributed by atoms with Gasteiger partial charge in [0, 0.05) is 18.8 Å². The van der Waals surface area contributed by atoms with Crippen LogP contribution >= 0.6 is 0 Å². The molecule has 126 valence electrons. The maximum Gasteiger partial charge on any atom is 0.243 e. The third kappa shape index (κ3) is 4.26. The van der Waals surface area contributed by atoms with Gasteiger partial charge in [0.25, 0.3) is 0 Å². The Hall–Kier alpha value is -2.53. The van der Waals surface area contributed by atoms with Gasteiger partial charge in [-0.1, -0.05) is 29.8 Å². The fourth-order valence-corrected chi connectivity index (χ4v) is 2.71. The zero-order valence-electron chi connectivity index (χ0n) is 13.9. The smallest absolute Gasteiger partial charge is 0.243 e. The zero-order valence-corrected chi connectivity index (χ0v) is 13.9. The van der Waals surface area contributed by atoms with Crippen molar-refractivity contribution in [2.24, 2.45) is 0 Å². The number of nitrogens with zero attached hydrogens (tertiary/aromatic N) is 1. The zero-order chi connectivity index (χ0) is 16.8. The van der Waals surface area contributed by atoms with E-state index in [1.165, 1.54) is 5.56 Å². The first kappa shape index (κ1) is 16.3. The van der Waals surface area contributed by atoms with Crippen molar-refractivity contribution in [2.75, 3.05) is 48.4 Å². The van der Waals surface area contributed by atoms with Gasteiger partial charge in [-0.25, -0.2) is 0 Å². The molecule has 0 aromatic heterocycles. The number of carbonyl (C=O) groups excluding carboxylic acids is 1. The van der Waals surface area contributed by atoms with Crippen LogP contribution < -0.4 is 15.5 Å². The Morgan fingerprint density at radius 3 is 2.54 bits per heavy atom. The first-order chi connectivity index (χ1) is 11.7. The van der Waals surface area contributed by atoms with Gasteiger partial charge in [0.2, 0.25) is 5.91 Å². The van der Waals surface area contributed by atoms with Gasteiger partial charge in [0.1, 0.15) is 0 Å². The molecule has 1 aliphatic heterocycles. The average molecular weight is 325 g/mol. The van der Waals surface area contributed by atoms with Crippen molar-refractivity contribution < 1.29 is 9.53 Å². The molecule has 0 radical (unpaired) electrons. The molecule has 1 fully saturated rings. The van der Waals surface area contributed by atoms with Crippen molar-refractivity contribution >= 4 is 23.0 Å². The highest BCUT2D eigenvalue weighted by molar-refractivity contribution is 5.96. The highest BCUT2D eigenvalue weighted by Gasteiger charge is 2.15. The summed E-state index contributed by atoms with van der Waals surface area (Å²) in [5.74, 6) is -0.0590. The number of morpholine rings is 1. The Morgan fingerprint density at radius 1 is 1.08 bits per heavy atom. The van der Waals surface area contributed by atoms with Crippen LogP contribution in [0.25, 0.3) is 0 Å². The monoisotopic (exact) mass is 325 g/mol. The molecule has 0 saturated carbocycles. The summed E-state index contributed by atoms with van der Waals surface area (Å²) in [5.41, 5.74) is 4.03. The number of amides is 1. The van der Waals surface area contributed by atoms with Gasteiger partial charge < -0.3 is 20.3 Å². The maximum atomic E-state index is 12.3. The first-order valence-electron chi connectivity index (χ1n) is 8.24. The largest absolute Gasteiger partial charge is 0.378 e. The molecule has 1 saturated heterocycles. The molecule has 1 amide bonds. The quantitative estimate of drug-likeness (QED) is 0.887. The number of hydrogen-bond acceptors (Lipinski definition) is 4. The van der Waals surface area contributed by atoms with E-state index in [-0.39, 0.29) is 12.5 Å². The summed E-state index contributed by atoms with van der Waals surface area (Å²) in [7, 11) is 0. The second kappa shape index (κ2) is 7.84. The number of nitrogens with one attached hydrogen (secondary N) is 2. The number of rotatable bonds is 5. The van der Waals surface area contributed by atoms with E-state index in [2.05, 4.69) is 15.5 Å². The van der Waals surface area contributed by atoms with Crippen LogP contribution in [0.3, 0.4) is 0 Å². The minimum atomic E-state index is -0.0590. The SMILES string of the molecule is Cc1ccc(NCC(=O)Nc2ccccc2N2CCOCC2)cc1. The third-order valence-corrected chi connectivity index (χ3v) is 4.03. The fourth-order valence-electron chi connectivity index (χ4n) is 2.71. The summed E-state index contributed by atoms with van der Waals surface area (Å²) in [6.45, 7) is 5.40. The predicted octanol–water partition coefficient (Wildman–Crippen LogP) is 2.88. The lowest BCUT2D eigenvalue weighted by molar-refractivity contribution is -0.114. The molecule has 0 spiro atoms. The van der Waals surface area contributed by atoms with Crippen LogP contribution in [0.1, 0.15) is 5.56 Å². The summed E-state index contributed by atoms with van der Waals surface area (Å²) in [6.07, 6.45) is 0. The Kier molecular flexibility index (Phi) is 5.33. The van der Waals surface area contributed by atoms with E-state index < -0.39 is 0 Å². The Bertz CT molecular complexity index is 679. The molecule has 1 heterocycles. The first-order valence-corrected chi connectivity index (χ1v) is 8.24. The second-order valence-corrected chi connectivity index (χ2v) is 5.88. The van der Waals surface area contributed by atoms with E-state index in [9.17, 15) is 4.79 Å². The van der Waals surface area contributed by atoms with Crippen molar-refractivity contribution in [3.63, 3.8) is 0 Å². The van der Waals surface area contributed by atoms with Crippen molar-refractivity contribution in [1.82, 2.24) is 0 Å². The van der Waals surface area contributed by atoms with Gasteiger partial charge in [-0.05, 0) is 31.2 Å². The maximum absolute atomic E-state index is 12.3. The van der Waals surface area contributed by atoms with E-state index in [1.807, 2.05) is 55.5 Å². The second-order valence-electron chi connectivity index (χ2n) is 5.88. The van der Waals surface area contributed by atoms with Crippen LogP contribution in [0, 0.1) is 6.92 Å². The summed E-state index contributed by atoms with van der Waals surface area (Å²) >= 11 is 0. The van der Waals surface area contributed by atoms with Crippen LogP contribution in [0.15, 0.2) is 48.5 Å². The van der Waals surface area contributed by atoms with Gasteiger partial charge >= 0.3 is 0 Å². The molecule has 2 N–H and O–H groups in total. The lowest BCUT2D eigenvalue weighted by Crippen LogP contribution is -2.37. The van der Waals surface area contributed by atoms with Gasteiger partial charge in [-0.15, -0.1) is 0 Å². The average Bonchev–Trinajstić information content (AvgIpc) is 2.62. The fraction of sp³-hybridized carbons (Fsp3) is 0.316. The van der Waals surface area contributed by atoms with Gasteiger partial charge in [0.15, 0.2) is 0 Å². The van der Waals surface area contributed by atoms with E-state index in [0.717, 1.165) is 43.4 Å². The summed E-state index contributed by atoms with van der Waals surface area (Å²) in [4.78, 5) is 14.5. The van der Waals surface area contributed by atoms with Gasteiger partial charge in [-0.2, -0.15) is 0 Å². The van der Waals surface area contributed by atoms with Crippen LogP contribution in [0.2, 0.25) is 0 Å². The normalized spacial score (nSPS) is 14.3. The van der Waals surface area contributed by atoms with Crippen molar-refractivity contribution in [2.45, 2.75) is 6.92 Å². The topological polar surface area (TPSA) is 53.6 Å². The molecule has 1 aliphatic rings. The molecular formula is C19H23N3O2. The predicted molar refractivity (Wildman–Crippen MR) is 97.8 cm³/mol. The number of carbonyl (C=O) groups is 1. The number of benzene rings is 2. The van der Waals surface area contributed by atoms with Gasteiger partial charge in [0.05, 0.1) is 31.1 Å². The molecule has 0 atom stereocenters. The molecular weight excluding hydrogens is 302 g/mol. The lowest BCUT2D eigenvalue weighted by atomic mass is 10.2. The van der Waals surface area contributed by atoms with Crippen LogP contribution in [0.4, 0.5) is 17.1 Å². The van der Waals surface area contributed by atoms with E-state index >= 15 is 0 Å².